The third-order valence-electron chi connectivity index (χ3n) is 7.09. The molecule has 0 fully saturated rings. The van der Waals surface area contributed by atoms with Gasteiger partial charge in [0, 0.05) is 21.7 Å². The normalized spacial score (nSPS) is 14.4. The molecule has 0 spiro atoms. The maximum atomic E-state index is 13.5. The summed E-state index contributed by atoms with van der Waals surface area (Å²) in [5.41, 5.74) is 4.04. The monoisotopic (exact) mass is 632 g/mol. The molecule has 45 heavy (non-hydrogen) atoms. The van der Waals surface area contributed by atoms with Gasteiger partial charge in [0.15, 0.2) is 5.17 Å². The molecule has 1 aliphatic heterocycles. The standard InChI is InChI=1S/C35H25ClN4O4S/c1-21(45-35-39-31(19-23-9-5-7-13-28(23)36)33(42)40(35)25-10-3-2-4-11-25)32(41)37-24-17-15-22(16-18-24)30-20-27(34(43)44)26-12-6-8-14-29(26)38-30/h2-21H,1H3,(H,37,41)(H,43,44)/b31-19-. The lowest BCUT2D eigenvalue weighted by atomic mass is 10.0. The lowest BCUT2D eigenvalue weighted by Gasteiger charge is -2.20. The number of carbonyl (C=O) groups is 3. The number of nitrogens with zero attached hydrogens (tertiary/aromatic N) is 3. The number of nitrogens with one attached hydrogen (secondary N) is 1. The Hall–Kier alpha value is -5.25. The Morgan fingerprint density at radius 1 is 0.933 bits per heavy atom. The maximum Gasteiger partial charge on any atom is 0.336 e. The minimum Gasteiger partial charge on any atom is -0.478 e. The van der Waals surface area contributed by atoms with Gasteiger partial charge in [-0.05, 0) is 61.0 Å². The van der Waals surface area contributed by atoms with E-state index in [4.69, 9.17) is 11.6 Å². The molecule has 6 rings (SSSR count). The number of hydrogen-bond donors (Lipinski definition) is 2. The first kappa shape index (κ1) is 29.8. The maximum absolute atomic E-state index is 13.5. The van der Waals surface area contributed by atoms with Crippen LogP contribution in [0.25, 0.3) is 28.2 Å². The molecule has 222 valence electrons. The van der Waals surface area contributed by atoms with Crippen LogP contribution in [0.5, 0.6) is 0 Å². The SMILES string of the molecule is CC(SC1=N/C(=C\c2ccccc2Cl)C(=O)N1c1ccccc1)C(=O)Nc1ccc(-c2cc(C(=O)O)c3ccccc3n2)cc1. The Morgan fingerprint density at radius 2 is 1.62 bits per heavy atom. The highest BCUT2D eigenvalue weighted by molar-refractivity contribution is 8.15. The van der Waals surface area contributed by atoms with Crippen molar-refractivity contribution in [3.63, 3.8) is 0 Å². The second-order valence-electron chi connectivity index (χ2n) is 10.1. The second-order valence-corrected chi connectivity index (χ2v) is 11.8. The number of para-hydroxylation sites is 2. The zero-order valence-electron chi connectivity index (χ0n) is 23.8. The van der Waals surface area contributed by atoms with Gasteiger partial charge < -0.3 is 10.4 Å². The molecule has 1 atom stereocenters. The van der Waals surface area contributed by atoms with Gasteiger partial charge in [-0.2, -0.15) is 0 Å². The quantitative estimate of drug-likeness (QED) is 0.177. The fourth-order valence-electron chi connectivity index (χ4n) is 4.80. The van der Waals surface area contributed by atoms with Gasteiger partial charge in [-0.25, -0.2) is 14.8 Å². The van der Waals surface area contributed by atoms with Crippen LogP contribution in [0, 0.1) is 0 Å². The van der Waals surface area contributed by atoms with Crippen molar-refractivity contribution < 1.29 is 19.5 Å². The minimum atomic E-state index is -1.03. The molecule has 0 saturated heterocycles. The van der Waals surface area contributed by atoms with Crippen molar-refractivity contribution >= 4 is 74.7 Å². The van der Waals surface area contributed by atoms with Crippen molar-refractivity contribution in [1.29, 1.82) is 0 Å². The van der Waals surface area contributed by atoms with Gasteiger partial charge in [0.25, 0.3) is 5.91 Å². The molecule has 0 saturated carbocycles. The molecule has 8 nitrogen and oxygen atoms in total. The molecule has 5 aromatic rings. The molecule has 1 aliphatic rings. The average molecular weight is 633 g/mol. The summed E-state index contributed by atoms with van der Waals surface area (Å²) in [6.07, 6.45) is 1.64. The van der Waals surface area contributed by atoms with E-state index in [2.05, 4.69) is 15.3 Å². The van der Waals surface area contributed by atoms with Gasteiger partial charge in [0.1, 0.15) is 5.70 Å². The number of aromatic carboxylic acids is 1. The van der Waals surface area contributed by atoms with Crippen LogP contribution in [0.1, 0.15) is 22.8 Å². The third kappa shape index (κ3) is 6.35. The number of carbonyl (C=O) groups excluding carboxylic acids is 2. The Kier molecular flexibility index (Phi) is 8.46. The highest BCUT2D eigenvalue weighted by Crippen LogP contribution is 2.32. The highest BCUT2D eigenvalue weighted by atomic mass is 35.5. The molecular formula is C35H25ClN4O4S. The Bertz CT molecular complexity index is 2010. The molecule has 2 amide bonds. The molecule has 4 aromatic carbocycles. The molecule has 0 bridgehead atoms. The molecule has 1 aromatic heterocycles. The summed E-state index contributed by atoms with van der Waals surface area (Å²) in [6.45, 7) is 1.74. The average Bonchev–Trinajstić information content (AvgIpc) is 3.35. The summed E-state index contributed by atoms with van der Waals surface area (Å²) >= 11 is 7.50. The molecule has 0 radical (unpaired) electrons. The number of amides is 2. The van der Waals surface area contributed by atoms with Crippen LogP contribution >= 0.6 is 23.4 Å². The van der Waals surface area contributed by atoms with E-state index < -0.39 is 11.2 Å². The lowest BCUT2D eigenvalue weighted by molar-refractivity contribution is -0.115. The Balaban J connectivity index is 1.21. The van der Waals surface area contributed by atoms with Crippen molar-refractivity contribution in [3.05, 3.63) is 131 Å². The summed E-state index contributed by atoms with van der Waals surface area (Å²) in [6, 6.07) is 32.0. The number of aliphatic imine (C=N–C) groups is 1. The van der Waals surface area contributed by atoms with E-state index in [1.165, 1.54) is 16.7 Å². The summed E-state index contributed by atoms with van der Waals surface area (Å²) < 4.78 is 0. The van der Waals surface area contributed by atoms with Crippen molar-refractivity contribution in [1.82, 2.24) is 4.98 Å². The van der Waals surface area contributed by atoms with E-state index in [0.29, 0.717) is 49.3 Å². The molecular weight excluding hydrogens is 608 g/mol. The van der Waals surface area contributed by atoms with E-state index in [9.17, 15) is 19.5 Å². The smallest absolute Gasteiger partial charge is 0.336 e. The number of carboxylic acid groups (broad SMARTS) is 1. The highest BCUT2D eigenvalue weighted by Gasteiger charge is 2.34. The van der Waals surface area contributed by atoms with Crippen molar-refractivity contribution in [2.24, 2.45) is 4.99 Å². The molecule has 0 aliphatic carbocycles. The van der Waals surface area contributed by atoms with Crippen LogP contribution in [-0.2, 0) is 9.59 Å². The van der Waals surface area contributed by atoms with Gasteiger partial charge in [0.2, 0.25) is 5.91 Å². The van der Waals surface area contributed by atoms with Gasteiger partial charge in [0.05, 0.1) is 27.7 Å². The Labute approximate surface area is 268 Å². The summed E-state index contributed by atoms with van der Waals surface area (Å²) in [5.74, 6) is -1.63. The largest absolute Gasteiger partial charge is 0.478 e. The fraction of sp³-hybridized carbons (Fsp3) is 0.0571. The van der Waals surface area contributed by atoms with Crippen LogP contribution in [0.3, 0.4) is 0 Å². The number of pyridine rings is 1. The number of amidine groups is 1. The van der Waals surface area contributed by atoms with E-state index in [1.54, 1.807) is 73.7 Å². The number of halogens is 1. The van der Waals surface area contributed by atoms with Gasteiger partial charge in [-0.3, -0.25) is 14.5 Å². The van der Waals surface area contributed by atoms with Crippen LogP contribution in [0.4, 0.5) is 11.4 Å². The number of fused-ring (bicyclic) bond motifs is 1. The number of carboxylic acids is 1. The van der Waals surface area contributed by atoms with Gasteiger partial charge in [-0.1, -0.05) is 90.1 Å². The number of hydrogen-bond acceptors (Lipinski definition) is 6. The number of thioether (sulfide) groups is 1. The van der Waals surface area contributed by atoms with Crippen molar-refractivity contribution in [3.8, 4) is 11.3 Å². The topological polar surface area (TPSA) is 112 Å². The number of benzene rings is 4. The molecule has 10 heteroatoms. The first-order valence-electron chi connectivity index (χ1n) is 13.9. The second kappa shape index (κ2) is 12.8. The fourth-order valence-corrected chi connectivity index (χ4v) is 5.92. The van der Waals surface area contributed by atoms with Crippen LogP contribution < -0.4 is 10.2 Å². The Morgan fingerprint density at radius 3 is 2.36 bits per heavy atom. The zero-order valence-corrected chi connectivity index (χ0v) is 25.4. The van der Waals surface area contributed by atoms with Crippen LogP contribution in [-0.4, -0.2) is 38.3 Å². The van der Waals surface area contributed by atoms with E-state index in [1.807, 2.05) is 48.5 Å². The minimum absolute atomic E-state index is 0.168. The van der Waals surface area contributed by atoms with Crippen molar-refractivity contribution in [2.45, 2.75) is 12.2 Å². The predicted molar refractivity (Wildman–Crippen MR) is 181 cm³/mol. The first-order valence-corrected chi connectivity index (χ1v) is 15.2. The van der Waals surface area contributed by atoms with Gasteiger partial charge in [-0.15, -0.1) is 0 Å². The number of anilines is 2. The van der Waals surface area contributed by atoms with E-state index >= 15 is 0 Å². The lowest BCUT2D eigenvalue weighted by Crippen LogP contribution is -2.33. The summed E-state index contributed by atoms with van der Waals surface area (Å²) in [7, 11) is 0. The zero-order chi connectivity index (χ0) is 31.5. The number of aromatic nitrogens is 1. The number of rotatable bonds is 7. The van der Waals surface area contributed by atoms with Gasteiger partial charge >= 0.3 is 5.97 Å². The van der Waals surface area contributed by atoms with Crippen molar-refractivity contribution in [2.75, 3.05) is 10.2 Å². The summed E-state index contributed by atoms with van der Waals surface area (Å²) in [4.78, 5) is 49.4. The van der Waals surface area contributed by atoms with Crippen LogP contribution in [0.15, 0.2) is 120 Å². The first-order chi connectivity index (χ1) is 21.8. The summed E-state index contributed by atoms with van der Waals surface area (Å²) in [5, 5.41) is 13.5. The molecule has 1 unspecified atom stereocenters. The predicted octanol–water partition coefficient (Wildman–Crippen LogP) is 7.76. The van der Waals surface area contributed by atoms with E-state index in [0.717, 1.165) is 0 Å². The van der Waals surface area contributed by atoms with Crippen LogP contribution in [0.2, 0.25) is 5.02 Å². The van der Waals surface area contributed by atoms with E-state index in [-0.39, 0.29) is 23.1 Å². The third-order valence-corrected chi connectivity index (χ3v) is 8.48. The molecule has 2 N–H and O–H groups in total. The molecule has 2 heterocycles.